The molecule has 1 N–H and O–H groups in total. The number of ether oxygens (including phenoxy) is 3. The molecule has 1 atom stereocenters. The lowest BCUT2D eigenvalue weighted by molar-refractivity contribution is -0.154. The molecule has 0 amide bonds. The molecule has 8 nitrogen and oxygen atoms in total. The topological polar surface area (TPSA) is 108 Å². The number of rotatable bonds is 6. The Morgan fingerprint density at radius 3 is 2.61 bits per heavy atom. The molecule has 2 aliphatic heterocycles. The van der Waals surface area contributed by atoms with Crippen LogP contribution in [0.1, 0.15) is 50.5 Å². The predicted molar refractivity (Wildman–Crippen MR) is 130 cm³/mol. The van der Waals surface area contributed by atoms with E-state index in [0.29, 0.717) is 5.70 Å². The summed E-state index contributed by atoms with van der Waals surface area (Å²) < 4.78 is 57.6. The average molecular weight is 542 g/mol. The number of sulfone groups is 1. The highest BCUT2D eigenvalue weighted by Crippen LogP contribution is 2.45. The molecule has 1 saturated carbocycles. The van der Waals surface area contributed by atoms with Crippen molar-refractivity contribution < 1.29 is 36.6 Å². The lowest BCUT2D eigenvalue weighted by atomic mass is 9.86. The summed E-state index contributed by atoms with van der Waals surface area (Å²) in [6.45, 7) is 1.12. The van der Waals surface area contributed by atoms with Gasteiger partial charge in [-0.3, -0.25) is 4.79 Å². The number of halogens is 2. The van der Waals surface area contributed by atoms with E-state index in [0.717, 1.165) is 38.2 Å². The Kier molecular flexibility index (Phi) is 8.37. The number of hydrogen-bond acceptors (Lipinski definition) is 8. The Hall–Kier alpha value is -2.43. The molecule has 0 bridgehead atoms. The molecular formula is C25H29ClFNO7S. The van der Waals surface area contributed by atoms with Gasteiger partial charge in [0.05, 0.1) is 47.0 Å². The number of carbonyl (C=O) groups is 2. The first-order valence-corrected chi connectivity index (χ1v) is 14.0. The van der Waals surface area contributed by atoms with Crippen molar-refractivity contribution in [2.75, 3.05) is 32.2 Å². The van der Waals surface area contributed by atoms with Crippen LogP contribution in [0, 0.1) is 11.7 Å². The molecule has 0 aromatic heterocycles. The van der Waals surface area contributed by atoms with Crippen molar-refractivity contribution in [1.29, 1.82) is 0 Å². The third-order valence-corrected chi connectivity index (χ3v) is 8.86. The highest BCUT2D eigenvalue weighted by molar-refractivity contribution is 7.95. The summed E-state index contributed by atoms with van der Waals surface area (Å²) in [4.78, 5) is 25.3. The van der Waals surface area contributed by atoms with Gasteiger partial charge in [0, 0.05) is 16.3 Å². The standard InChI is InChI=1S/C25H29ClFNO7S/c1-15-20(25(30)35-11-10-34-24(29)16-6-3-2-4-7-16)22(21-17(26)8-5-9-18(21)27)23-19(28-15)14-33-12-13-36(23,31)32/h5,8-9,16,22,28H,2-4,6-7,10-14H2,1H3. The van der Waals surface area contributed by atoms with Gasteiger partial charge in [-0.2, -0.15) is 0 Å². The summed E-state index contributed by atoms with van der Waals surface area (Å²) in [6.07, 6.45) is 4.66. The van der Waals surface area contributed by atoms with Crippen LogP contribution in [-0.4, -0.2) is 52.5 Å². The minimum atomic E-state index is -3.93. The van der Waals surface area contributed by atoms with Crippen LogP contribution in [0.5, 0.6) is 0 Å². The van der Waals surface area contributed by atoms with Gasteiger partial charge in [-0.25, -0.2) is 17.6 Å². The summed E-state index contributed by atoms with van der Waals surface area (Å²) in [6, 6.07) is 3.99. The Balaban J connectivity index is 1.58. The molecule has 1 aliphatic carbocycles. The summed E-state index contributed by atoms with van der Waals surface area (Å²) in [5.41, 5.74) is 0.314. The summed E-state index contributed by atoms with van der Waals surface area (Å²) in [5.74, 6) is -3.70. The minimum Gasteiger partial charge on any atom is -0.462 e. The van der Waals surface area contributed by atoms with Crippen molar-refractivity contribution >= 4 is 33.4 Å². The number of benzene rings is 1. The van der Waals surface area contributed by atoms with Crippen LogP contribution < -0.4 is 5.32 Å². The normalized spacial score (nSPS) is 22.4. The zero-order valence-electron chi connectivity index (χ0n) is 20.0. The number of esters is 2. The maximum Gasteiger partial charge on any atom is 0.336 e. The van der Waals surface area contributed by atoms with Crippen LogP contribution in [0.25, 0.3) is 0 Å². The Bertz CT molecular complexity index is 1180. The monoisotopic (exact) mass is 541 g/mol. The fraction of sp³-hybridized carbons (Fsp3) is 0.520. The van der Waals surface area contributed by atoms with Gasteiger partial charge in [-0.15, -0.1) is 0 Å². The number of allylic oxidation sites excluding steroid dienone is 2. The zero-order valence-corrected chi connectivity index (χ0v) is 21.6. The SMILES string of the molecule is CC1=C(C(=O)OCCOC(=O)C2CCCCC2)C(c2c(F)cccc2Cl)C2=C(COCCS2(=O)=O)N1. The van der Waals surface area contributed by atoms with Gasteiger partial charge in [-0.1, -0.05) is 36.9 Å². The summed E-state index contributed by atoms with van der Waals surface area (Å²) in [5, 5.41) is 2.92. The fourth-order valence-electron chi connectivity index (χ4n) is 4.95. The molecule has 0 spiro atoms. The molecular weight excluding hydrogens is 513 g/mol. The Morgan fingerprint density at radius 1 is 1.17 bits per heavy atom. The first kappa shape index (κ1) is 26.6. The molecule has 11 heteroatoms. The summed E-state index contributed by atoms with van der Waals surface area (Å²) in [7, 11) is -3.93. The number of dihydropyridines is 1. The molecule has 3 aliphatic rings. The van der Waals surface area contributed by atoms with E-state index in [-0.39, 0.29) is 70.8 Å². The largest absolute Gasteiger partial charge is 0.462 e. The van der Waals surface area contributed by atoms with Gasteiger partial charge in [-0.05, 0) is 31.9 Å². The smallest absolute Gasteiger partial charge is 0.336 e. The van der Waals surface area contributed by atoms with E-state index in [1.165, 1.54) is 12.1 Å². The van der Waals surface area contributed by atoms with Crippen molar-refractivity contribution in [2.24, 2.45) is 5.92 Å². The van der Waals surface area contributed by atoms with Crippen molar-refractivity contribution in [1.82, 2.24) is 5.32 Å². The van der Waals surface area contributed by atoms with Crippen molar-refractivity contribution in [3.63, 3.8) is 0 Å². The van der Waals surface area contributed by atoms with Crippen LogP contribution in [0.4, 0.5) is 4.39 Å². The van der Waals surface area contributed by atoms with E-state index >= 15 is 4.39 Å². The third kappa shape index (κ3) is 5.60. The lowest BCUT2D eigenvalue weighted by Gasteiger charge is -2.31. The average Bonchev–Trinajstić information content (AvgIpc) is 2.99. The molecule has 2 heterocycles. The molecule has 0 radical (unpaired) electrons. The fourth-order valence-corrected chi connectivity index (χ4v) is 6.86. The minimum absolute atomic E-state index is 0.0198. The number of hydrogen-bond donors (Lipinski definition) is 1. The first-order valence-electron chi connectivity index (χ1n) is 12.0. The van der Waals surface area contributed by atoms with Crippen molar-refractivity contribution in [2.45, 2.75) is 44.9 Å². The zero-order chi connectivity index (χ0) is 25.9. The highest BCUT2D eigenvalue weighted by atomic mass is 35.5. The van der Waals surface area contributed by atoms with E-state index < -0.39 is 27.5 Å². The van der Waals surface area contributed by atoms with Crippen molar-refractivity contribution in [3.05, 3.63) is 56.5 Å². The van der Waals surface area contributed by atoms with Gasteiger partial charge < -0.3 is 19.5 Å². The van der Waals surface area contributed by atoms with Crippen LogP contribution in [-0.2, 0) is 33.6 Å². The molecule has 1 aromatic carbocycles. The van der Waals surface area contributed by atoms with Gasteiger partial charge in [0.1, 0.15) is 19.0 Å². The Morgan fingerprint density at radius 2 is 1.89 bits per heavy atom. The van der Waals surface area contributed by atoms with Crippen LogP contribution in [0.15, 0.2) is 40.1 Å². The maximum absolute atomic E-state index is 15.1. The number of carbonyl (C=O) groups excluding carboxylic acids is 2. The molecule has 4 rings (SSSR count). The van der Waals surface area contributed by atoms with Gasteiger partial charge in [0.2, 0.25) is 0 Å². The van der Waals surface area contributed by atoms with Gasteiger partial charge >= 0.3 is 11.9 Å². The molecule has 1 aromatic rings. The van der Waals surface area contributed by atoms with Gasteiger partial charge in [0.15, 0.2) is 9.84 Å². The molecule has 36 heavy (non-hydrogen) atoms. The second-order valence-corrected chi connectivity index (χ2v) is 11.6. The second-order valence-electron chi connectivity index (χ2n) is 9.08. The van der Waals surface area contributed by atoms with E-state index in [2.05, 4.69) is 5.32 Å². The van der Waals surface area contributed by atoms with E-state index in [1.54, 1.807) is 6.92 Å². The highest BCUT2D eigenvalue weighted by Gasteiger charge is 2.43. The Labute approximate surface area is 214 Å². The van der Waals surface area contributed by atoms with Crippen LogP contribution >= 0.6 is 11.6 Å². The molecule has 0 saturated heterocycles. The van der Waals surface area contributed by atoms with Gasteiger partial charge in [0.25, 0.3) is 0 Å². The van der Waals surface area contributed by atoms with Crippen molar-refractivity contribution in [3.8, 4) is 0 Å². The number of nitrogens with one attached hydrogen (secondary N) is 1. The molecule has 1 unspecified atom stereocenters. The lowest BCUT2D eigenvalue weighted by Crippen LogP contribution is -2.34. The quantitative estimate of drug-likeness (QED) is 0.428. The van der Waals surface area contributed by atoms with Crippen LogP contribution in [0.3, 0.4) is 0 Å². The first-order chi connectivity index (χ1) is 17.2. The maximum atomic E-state index is 15.1. The second kappa shape index (κ2) is 11.3. The van der Waals surface area contributed by atoms with E-state index in [9.17, 15) is 18.0 Å². The molecule has 1 fully saturated rings. The summed E-state index contributed by atoms with van der Waals surface area (Å²) >= 11 is 6.34. The van der Waals surface area contributed by atoms with E-state index in [4.69, 9.17) is 25.8 Å². The van der Waals surface area contributed by atoms with E-state index in [1.807, 2.05) is 0 Å². The molecule has 196 valence electrons. The van der Waals surface area contributed by atoms with Crippen LogP contribution in [0.2, 0.25) is 5.02 Å². The third-order valence-electron chi connectivity index (χ3n) is 6.68. The predicted octanol–water partition coefficient (Wildman–Crippen LogP) is 3.76.